The summed E-state index contributed by atoms with van der Waals surface area (Å²) in [6, 6.07) is 3.84. The maximum Gasteiger partial charge on any atom is 0.305 e. The van der Waals surface area contributed by atoms with Crippen LogP contribution in [-0.4, -0.2) is 35.0 Å². The molecule has 1 aromatic rings. The van der Waals surface area contributed by atoms with Crippen LogP contribution in [0.1, 0.15) is 25.3 Å². The standard InChI is InChI=1S/C14H17F2NO3/c1-2-17(9-8-13(19)20)12(18)7-6-10-4-3-5-11(15)14(10)16/h3-5H,2,6-9H2,1H3,(H,19,20). The lowest BCUT2D eigenvalue weighted by atomic mass is 10.1. The van der Waals surface area contributed by atoms with Crippen LogP contribution in [0.3, 0.4) is 0 Å². The number of carboxylic acid groups (broad SMARTS) is 1. The van der Waals surface area contributed by atoms with Gasteiger partial charge >= 0.3 is 5.97 Å². The van der Waals surface area contributed by atoms with Crippen molar-refractivity contribution in [1.82, 2.24) is 4.90 Å². The Morgan fingerprint density at radius 2 is 1.95 bits per heavy atom. The van der Waals surface area contributed by atoms with Gasteiger partial charge in [-0.1, -0.05) is 12.1 Å². The molecule has 0 heterocycles. The molecule has 0 saturated heterocycles. The molecule has 110 valence electrons. The smallest absolute Gasteiger partial charge is 0.305 e. The van der Waals surface area contributed by atoms with Crippen LogP contribution < -0.4 is 0 Å². The number of nitrogens with zero attached hydrogens (tertiary/aromatic N) is 1. The van der Waals surface area contributed by atoms with Gasteiger partial charge in [-0.15, -0.1) is 0 Å². The van der Waals surface area contributed by atoms with Crippen LogP contribution in [0.4, 0.5) is 8.78 Å². The van der Waals surface area contributed by atoms with E-state index in [0.29, 0.717) is 6.54 Å². The minimum atomic E-state index is -0.979. The van der Waals surface area contributed by atoms with Crippen molar-refractivity contribution in [1.29, 1.82) is 0 Å². The number of rotatable bonds is 7. The molecule has 20 heavy (non-hydrogen) atoms. The van der Waals surface area contributed by atoms with Gasteiger partial charge < -0.3 is 10.0 Å². The molecule has 0 aromatic heterocycles. The fourth-order valence-electron chi connectivity index (χ4n) is 1.83. The Morgan fingerprint density at radius 1 is 1.25 bits per heavy atom. The van der Waals surface area contributed by atoms with Crippen molar-refractivity contribution < 1.29 is 23.5 Å². The molecule has 6 heteroatoms. The molecule has 1 rings (SSSR count). The van der Waals surface area contributed by atoms with Crippen molar-refractivity contribution in [2.45, 2.75) is 26.2 Å². The molecule has 1 amide bonds. The van der Waals surface area contributed by atoms with Gasteiger partial charge in [0.25, 0.3) is 0 Å². The van der Waals surface area contributed by atoms with Gasteiger partial charge in [-0.2, -0.15) is 0 Å². The molecule has 4 nitrogen and oxygen atoms in total. The number of carbonyl (C=O) groups excluding carboxylic acids is 1. The Kier molecular flexibility index (Phi) is 6.09. The van der Waals surface area contributed by atoms with Crippen molar-refractivity contribution >= 4 is 11.9 Å². The number of amides is 1. The van der Waals surface area contributed by atoms with E-state index < -0.39 is 17.6 Å². The monoisotopic (exact) mass is 285 g/mol. The molecular weight excluding hydrogens is 268 g/mol. The van der Waals surface area contributed by atoms with Crippen molar-refractivity contribution in [3.05, 3.63) is 35.4 Å². The number of hydrogen-bond donors (Lipinski definition) is 1. The number of halogens is 2. The van der Waals surface area contributed by atoms with Gasteiger partial charge in [0.15, 0.2) is 11.6 Å². The van der Waals surface area contributed by atoms with E-state index in [9.17, 15) is 18.4 Å². The van der Waals surface area contributed by atoms with E-state index in [1.165, 1.54) is 17.0 Å². The molecule has 0 aliphatic heterocycles. The van der Waals surface area contributed by atoms with Crippen LogP contribution in [0.25, 0.3) is 0 Å². The number of aryl methyl sites for hydroxylation is 1. The van der Waals surface area contributed by atoms with E-state index in [4.69, 9.17) is 5.11 Å². The van der Waals surface area contributed by atoms with Crippen molar-refractivity contribution in [2.75, 3.05) is 13.1 Å². The summed E-state index contributed by atoms with van der Waals surface area (Å²) in [5, 5.41) is 8.59. The Morgan fingerprint density at radius 3 is 2.55 bits per heavy atom. The first-order valence-electron chi connectivity index (χ1n) is 6.38. The lowest BCUT2D eigenvalue weighted by molar-refractivity contribution is -0.138. The Hall–Kier alpha value is -1.98. The van der Waals surface area contributed by atoms with E-state index in [2.05, 4.69) is 0 Å². The molecule has 0 aliphatic rings. The van der Waals surface area contributed by atoms with Gasteiger partial charge in [0.1, 0.15) is 0 Å². The Bertz CT molecular complexity index is 491. The quantitative estimate of drug-likeness (QED) is 0.835. The lowest BCUT2D eigenvalue weighted by Gasteiger charge is -2.20. The van der Waals surface area contributed by atoms with Crippen LogP contribution in [0.5, 0.6) is 0 Å². The minimum Gasteiger partial charge on any atom is -0.481 e. The molecular formula is C14H17F2NO3. The second kappa shape index (κ2) is 7.57. The first kappa shape index (κ1) is 16.1. The summed E-state index contributed by atoms with van der Waals surface area (Å²) >= 11 is 0. The normalized spacial score (nSPS) is 10.3. The van der Waals surface area contributed by atoms with Gasteiger partial charge in [0, 0.05) is 19.5 Å². The molecule has 1 N–H and O–H groups in total. The van der Waals surface area contributed by atoms with Crippen LogP contribution in [-0.2, 0) is 16.0 Å². The Balaban J connectivity index is 2.56. The lowest BCUT2D eigenvalue weighted by Crippen LogP contribution is -2.33. The third-order valence-electron chi connectivity index (χ3n) is 2.97. The largest absolute Gasteiger partial charge is 0.481 e. The van der Waals surface area contributed by atoms with E-state index >= 15 is 0 Å². The molecule has 0 bridgehead atoms. The van der Waals surface area contributed by atoms with E-state index in [-0.39, 0.29) is 37.3 Å². The molecule has 0 fully saturated rings. The van der Waals surface area contributed by atoms with Gasteiger partial charge in [0.05, 0.1) is 6.42 Å². The van der Waals surface area contributed by atoms with Gasteiger partial charge in [0.2, 0.25) is 5.91 Å². The minimum absolute atomic E-state index is 0.0217. The highest BCUT2D eigenvalue weighted by molar-refractivity contribution is 5.77. The molecule has 0 spiro atoms. The number of carboxylic acids is 1. The third-order valence-corrected chi connectivity index (χ3v) is 2.97. The second-order valence-corrected chi connectivity index (χ2v) is 4.33. The van der Waals surface area contributed by atoms with Crippen LogP contribution in [0, 0.1) is 11.6 Å². The first-order chi connectivity index (χ1) is 9.45. The first-order valence-corrected chi connectivity index (χ1v) is 6.38. The zero-order valence-corrected chi connectivity index (χ0v) is 11.2. The molecule has 1 aromatic carbocycles. The van der Waals surface area contributed by atoms with E-state index in [0.717, 1.165) is 6.07 Å². The molecule has 0 radical (unpaired) electrons. The fraction of sp³-hybridized carbons (Fsp3) is 0.429. The number of hydrogen-bond acceptors (Lipinski definition) is 2. The fourth-order valence-corrected chi connectivity index (χ4v) is 1.83. The summed E-state index contributed by atoms with van der Waals surface area (Å²) in [4.78, 5) is 23.7. The summed E-state index contributed by atoms with van der Waals surface area (Å²) in [5.74, 6) is -3.12. The topological polar surface area (TPSA) is 57.6 Å². The summed E-state index contributed by atoms with van der Waals surface area (Å²) in [6.07, 6.45) is -0.0201. The highest BCUT2D eigenvalue weighted by Crippen LogP contribution is 2.13. The number of benzene rings is 1. The molecule has 0 aliphatic carbocycles. The zero-order chi connectivity index (χ0) is 15.1. The van der Waals surface area contributed by atoms with Crippen molar-refractivity contribution in [3.8, 4) is 0 Å². The van der Waals surface area contributed by atoms with Crippen LogP contribution in [0.2, 0.25) is 0 Å². The summed E-state index contributed by atoms with van der Waals surface area (Å²) in [6.45, 7) is 2.25. The van der Waals surface area contributed by atoms with E-state index in [1.807, 2.05) is 0 Å². The number of aliphatic carboxylic acids is 1. The SMILES string of the molecule is CCN(CCC(=O)O)C(=O)CCc1cccc(F)c1F. The van der Waals surface area contributed by atoms with E-state index in [1.54, 1.807) is 6.92 Å². The van der Waals surface area contributed by atoms with Crippen LogP contribution in [0.15, 0.2) is 18.2 Å². The highest BCUT2D eigenvalue weighted by atomic mass is 19.2. The molecule has 0 atom stereocenters. The van der Waals surface area contributed by atoms with Crippen LogP contribution >= 0.6 is 0 Å². The molecule has 0 unspecified atom stereocenters. The average Bonchev–Trinajstić information content (AvgIpc) is 2.40. The maximum atomic E-state index is 13.4. The predicted molar refractivity (Wildman–Crippen MR) is 69.2 cm³/mol. The summed E-state index contributed by atoms with van der Waals surface area (Å²) in [7, 11) is 0. The second-order valence-electron chi connectivity index (χ2n) is 4.33. The summed E-state index contributed by atoms with van der Waals surface area (Å²) in [5.41, 5.74) is 0.146. The third kappa shape index (κ3) is 4.60. The maximum absolute atomic E-state index is 13.4. The van der Waals surface area contributed by atoms with Crippen molar-refractivity contribution in [2.24, 2.45) is 0 Å². The predicted octanol–water partition coefficient (Wildman–Crippen LogP) is 2.22. The zero-order valence-electron chi connectivity index (χ0n) is 11.2. The number of carbonyl (C=O) groups is 2. The molecule has 0 saturated carbocycles. The average molecular weight is 285 g/mol. The summed E-state index contributed by atoms with van der Waals surface area (Å²) < 4.78 is 26.4. The van der Waals surface area contributed by atoms with Gasteiger partial charge in [-0.05, 0) is 25.0 Å². The highest BCUT2D eigenvalue weighted by Gasteiger charge is 2.15. The van der Waals surface area contributed by atoms with Gasteiger partial charge in [-0.3, -0.25) is 9.59 Å². The van der Waals surface area contributed by atoms with Crippen molar-refractivity contribution in [3.63, 3.8) is 0 Å². The van der Waals surface area contributed by atoms with Gasteiger partial charge in [-0.25, -0.2) is 8.78 Å². The Labute approximate surface area is 116 Å².